The smallest absolute Gasteiger partial charge is 0.311 e. The van der Waals surface area contributed by atoms with Gasteiger partial charge in [-0.1, -0.05) is 6.07 Å². The highest BCUT2D eigenvalue weighted by Gasteiger charge is 2.16. The summed E-state index contributed by atoms with van der Waals surface area (Å²) in [4.78, 5) is 18.2. The highest BCUT2D eigenvalue weighted by atomic mass is 16.6. The van der Waals surface area contributed by atoms with Crippen molar-refractivity contribution in [2.24, 2.45) is 5.84 Å². The number of rotatable bonds is 4. The van der Waals surface area contributed by atoms with Crippen LogP contribution in [0.3, 0.4) is 0 Å². The number of nitrogens with one attached hydrogen (secondary N) is 1. The van der Waals surface area contributed by atoms with Gasteiger partial charge in [-0.05, 0) is 18.6 Å². The lowest BCUT2D eigenvalue weighted by Crippen LogP contribution is -2.09. The second-order valence-electron chi connectivity index (χ2n) is 3.72. The van der Waals surface area contributed by atoms with Gasteiger partial charge in [0.1, 0.15) is 0 Å². The number of aryl methyl sites for hydroxylation is 1. The zero-order valence-electron chi connectivity index (χ0n) is 10.0. The SMILES string of the molecule is Cc1ccc([N+](=O)[O-])c(Oc2cncc(NN)n2)c1. The van der Waals surface area contributed by atoms with Crippen molar-refractivity contribution in [3.63, 3.8) is 0 Å². The first kappa shape index (κ1) is 12.7. The quantitative estimate of drug-likeness (QED) is 0.489. The Morgan fingerprint density at radius 2 is 2.21 bits per heavy atom. The summed E-state index contributed by atoms with van der Waals surface area (Å²) in [6, 6.07) is 4.57. The lowest BCUT2D eigenvalue weighted by atomic mass is 10.2. The minimum atomic E-state index is -0.521. The van der Waals surface area contributed by atoms with Crippen molar-refractivity contribution in [1.82, 2.24) is 9.97 Å². The van der Waals surface area contributed by atoms with E-state index in [1.54, 1.807) is 19.1 Å². The third-order valence-electron chi connectivity index (χ3n) is 2.29. The van der Waals surface area contributed by atoms with Crippen LogP contribution >= 0.6 is 0 Å². The molecular weight excluding hydrogens is 250 g/mol. The number of hydrogen-bond acceptors (Lipinski definition) is 7. The average Bonchev–Trinajstić information content (AvgIpc) is 2.38. The van der Waals surface area contributed by atoms with Crippen LogP contribution in [0.15, 0.2) is 30.6 Å². The monoisotopic (exact) mass is 261 g/mol. The standard InChI is InChI=1S/C11H11N5O3/c1-7-2-3-8(16(17)18)9(4-7)19-11-6-13-5-10(14-11)15-12/h2-6H,12H2,1H3,(H,14,15). The summed E-state index contributed by atoms with van der Waals surface area (Å²) in [6.07, 6.45) is 2.74. The number of hydrazine groups is 1. The minimum absolute atomic E-state index is 0.105. The number of ether oxygens (including phenoxy) is 1. The van der Waals surface area contributed by atoms with Gasteiger partial charge in [0.25, 0.3) is 0 Å². The third-order valence-corrected chi connectivity index (χ3v) is 2.29. The van der Waals surface area contributed by atoms with Crippen molar-refractivity contribution in [2.75, 3.05) is 5.43 Å². The molecule has 0 amide bonds. The van der Waals surface area contributed by atoms with Gasteiger partial charge in [0, 0.05) is 6.07 Å². The van der Waals surface area contributed by atoms with Gasteiger partial charge < -0.3 is 10.2 Å². The number of nitro benzene ring substituents is 1. The fourth-order valence-corrected chi connectivity index (χ4v) is 1.43. The number of nitrogens with zero attached hydrogens (tertiary/aromatic N) is 3. The Labute approximate surface area is 108 Å². The summed E-state index contributed by atoms with van der Waals surface area (Å²) in [5, 5.41) is 10.9. The summed E-state index contributed by atoms with van der Waals surface area (Å²) in [5.74, 6) is 5.72. The summed E-state index contributed by atoms with van der Waals surface area (Å²) in [7, 11) is 0. The maximum absolute atomic E-state index is 10.9. The van der Waals surface area contributed by atoms with Crippen LogP contribution in [0.1, 0.15) is 5.56 Å². The molecule has 0 atom stereocenters. The van der Waals surface area contributed by atoms with Crippen LogP contribution in [0.25, 0.3) is 0 Å². The lowest BCUT2D eigenvalue weighted by Gasteiger charge is -2.07. The Kier molecular flexibility index (Phi) is 3.53. The average molecular weight is 261 g/mol. The number of hydrogen-bond donors (Lipinski definition) is 2. The molecule has 0 spiro atoms. The van der Waals surface area contributed by atoms with Gasteiger partial charge in [0.2, 0.25) is 11.6 Å². The summed E-state index contributed by atoms with van der Waals surface area (Å²) < 4.78 is 5.38. The molecule has 0 aliphatic carbocycles. The molecule has 0 fully saturated rings. The highest BCUT2D eigenvalue weighted by molar-refractivity contribution is 5.49. The predicted octanol–water partition coefficient (Wildman–Crippen LogP) is 1.77. The number of nitro groups is 1. The van der Waals surface area contributed by atoms with E-state index < -0.39 is 4.92 Å². The van der Waals surface area contributed by atoms with E-state index in [1.807, 2.05) is 0 Å². The molecule has 0 unspecified atom stereocenters. The molecule has 3 N–H and O–H groups in total. The minimum Gasteiger partial charge on any atom is -0.430 e. The van der Waals surface area contributed by atoms with Crippen LogP contribution in [0.4, 0.5) is 11.5 Å². The van der Waals surface area contributed by atoms with Gasteiger partial charge in [0.05, 0.1) is 17.3 Å². The highest BCUT2D eigenvalue weighted by Crippen LogP contribution is 2.31. The van der Waals surface area contributed by atoms with Gasteiger partial charge in [-0.25, -0.2) is 5.84 Å². The van der Waals surface area contributed by atoms with Crippen LogP contribution in [-0.2, 0) is 0 Å². The van der Waals surface area contributed by atoms with Gasteiger partial charge >= 0.3 is 5.69 Å². The Hall–Kier alpha value is -2.74. The molecule has 0 bridgehead atoms. The zero-order valence-corrected chi connectivity index (χ0v) is 10.0. The molecule has 0 radical (unpaired) electrons. The van der Waals surface area contributed by atoms with Crippen molar-refractivity contribution >= 4 is 11.5 Å². The van der Waals surface area contributed by atoms with Crippen molar-refractivity contribution < 1.29 is 9.66 Å². The maximum atomic E-state index is 10.9. The van der Waals surface area contributed by atoms with Crippen molar-refractivity contribution in [3.8, 4) is 11.6 Å². The molecule has 2 rings (SSSR count). The van der Waals surface area contributed by atoms with Gasteiger partial charge in [0.15, 0.2) is 5.82 Å². The normalized spacial score (nSPS) is 10.0. The van der Waals surface area contributed by atoms with E-state index >= 15 is 0 Å². The Morgan fingerprint density at radius 1 is 1.42 bits per heavy atom. The van der Waals surface area contributed by atoms with E-state index in [0.717, 1.165) is 5.56 Å². The molecule has 8 nitrogen and oxygen atoms in total. The lowest BCUT2D eigenvalue weighted by molar-refractivity contribution is -0.385. The van der Waals surface area contributed by atoms with Crippen molar-refractivity contribution in [3.05, 3.63) is 46.3 Å². The number of nitrogens with two attached hydrogens (primary N) is 1. The third kappa shape index (κ3) is 2.93. The molecule has 0 saturated heterocycles. The van der Waals surface area contributed by atoms with Gasteiger partial charge in [-0.3, -0.25) is 15.1 Å². The first-order valence-electron chi connectivity index (χ1n) is 5.31. The number of aromatic nitrogens is 2. The molecule has 19 heavy (non-hydrogen) atoms. The van der Waals surface area contributed by atoms with Crippen LogP contribution in [0, 0.1) is 17.0 Å². The molecule has 0 aliphatic heterocycles. The van der Waals surface area contributed by atoms with E-state index in [0.29, 0.717) is 5.82 Å². The molecule has 2 aromatic rings. The second-order valence-corrected chi connectivity index (χ2v) is 3.72. The molecular formula is C11H11N5O3. The van der Waals surface area contributed by atoms with E-state index in [9.17, 15) is 10.1 Å². The van der Waals surface area contributed by atoms with Crippen LogP contribution in [0.5, 0.6) is 11.6 Å². The second kappa shape index (κ2) is 5.27. The summed E-state index contributed by atoms with van der Waals surface area (Å²) in [5.41, 5.74) is 3.01. The Morgan fingerprint density at radius 3 is 2.89 bits per heavy atom. The number of benzene rings is 1. The van der Waals surface area contributed by atoms with Crippen LogP contribution < -0.4 is 16.0 Å². The van der Waals surface area contributed by atoms with Gasteiger partial charge in [-0.2, -0.15) is 4.98 Å². The zero-order chi connectivity index (χ0) is 13.8. The van der Waals surface area contributed by atoms with E-state index in [2.05, 4.69) is 15.4 Å². The van der Waals surface area contributed by atoms with E-state index in [1.165, 1.54) is 18.5 Å². The maximum Gasteiger partial charge on any atom is 0.311 e. The fourth-order valence-electron chi connectivity index (χ4n) is 1.43. The molecule has 1 aromatic heterocycles. The summed E-state index contributed by atoms with van der Waals surface area (Å²) >= 11 is 0. The summed E-state index contributed by atoms with van der Waals surface area (Å²) in [6.45, 7) is 1.81. The molecule has 0 aliphatic rings. The molecule has 0 saturated carbocycles. The van der Waals surface area contributed by atoms with Crippen LogP contribution in [0.2, 0.25) is 0 Å². The predicted molar refractivity (Wildman–Crippen MR) is 67.7 cm³/mol. The Bertz CT molecular complexity index is 617. The van der Waals surface area contributed by atoms with Gasteiger partial charge in [-0.15, -0.1) is 0 Å². The molecule has 1 heterocycles. The topological polar surface area (TPSA) is 116 Å². The van der Waals surface area contributed by atoms with Crippen molar-refractivity contribution in [1.29, 1.82) is 0 Å². The first-order chi connectivity index (χ1) is 9.10. The fraction of sp³-hybridized carbons (Fsp3) is 0.0909. The molecule has 8 heteroatoms. The van der Waals surface area contributed by atoms with E-state index in [-0.39, 0.29) is 17.3 Å². The number of anilines is 1. The van der Waals surface area contributed by atoms with Crippen molar-refractivity contribution in [2.45, 2.75) is 6.92 Å². The molecule has 98 valence electrons. The van der Waals surface area contributed by atoms with Crippen LogP contribution in [-0.4, -0.2) is 14.9 Å². The Balaban J connectivity index is 2.36. The first-order valence-corrected chi connectivity index (χ1v) is 5.31. The largest absolute Gasteiger partial charge is 0.430 e. The molecule has 1 aromatic carbocycles. The van der Waals surface area contributed by atoms with E-state index in [4.69, 9.17) is 10.6 Å². The number of nitrogen functional groups attached to an aromatic ring is 1.